The lowest BCUT2D eigenvalue weighted by Gasteiger charge is -2.16. The van der Waals surface area contributed by atoms with Crippen molar-refractivity contribution in [3.63, 3.8) is 0 Å². The number of nitrogens with zero attached hydrogens (tertiary/aromatic N) is 2. The second-order valence-electron chi connectivity index (χ2n) is 4.99. The van der Waals surface area contributed by atoms with Gasteiger partial charge >= 0.3 is 6.18 Å². The zero-order valence-electron chi connectivity index (χ0n) is 12.0. The van der Waals surface area contributed by atoms with E-state index in [0.717, 1.165) is 12.3 Å². The second-order valence-corrected chi connectivity index (χ2v) is 6.93. The highest BCUT2D eigenvalue weighted by atomic mass is 35.5. The van der Waals surface area contributed by atoms with E-state index in [1.165, 1.54) is 10.4 Å². The van der Waals surface area contributed by atoms with Crippen molar-refractivity contribution in [1.82, 2.24) is 9.29 Å². The molecule has 0 aromatic carbocycles. The van der Waals surface area contributed by atoms with Gasteiger partial charge in [0.15, 0.2) is 6.61 Å². The van der Waals surface area contributed by atoms with E-state index in [0.29, 0.717) is 26.1 Å². The first-order valence-electron chi connectivity index (χ1n) is 6.58. The van der Waals surface area contributed by atoms with E-state index < -0.39 is 22.8 Å². The molecule has 0 bridgehead atoms. The highest BCUT2D eigenvalue weighted by Crippen LogP contribution is 2.24. The van der Waals surface area contributed by atoms with Crippen molar-refractivity contribution in [1.29, 1.82) is 0 Å². The van der Waals surface area contributed by atoms with E-state index in [9.17, 15) is 21.6 Å². The molecule has 0 radical (unpaired) electrons. The van der Waals surface area contributed by atoms with Crippen molar-refractivity contribution in [2.24, 2.45) is 11.7 Å². The average Bonchev–Trinajstić information content (AvgIpc) is 2.94. The van der Waals surface area contributed by atoms with Crippen LogP contribution in [0.15, 0.2) is 23.2 Å². The summed E-state index contributed by atoms with van der Waals surface area (Å²) in [5.41, 5.74) is 5.52. The van der Waals surface area contributed by atoms with E-state index in [1.54, 1.807) is 0 Å². The Kier molecular flexibility index (Phi) is 6.63. The molecule has 0 saturated carbocycles. The van der Waals surface area contributed by atoms with E-state index in [2.05, 4.69) is 9.72 Å². The standard InChI is InChI=1S/C12H16F3N3O3S.ClH/c13-12(14,15)8-21-11-2-1-10(6-17-11)22(19,20)18-4-3-9(5-16)7-18;/h1-2,6,9H,3-5,7-8,16H2;1H. The molecule has 0 aliphatic carbocycles. The number of halogens is 4. The summed E-state index contributed by atoms with van der Waals surface area (Å²) in [6.45, 7) is -0.355. The summed E-state index contributed by atoms with van der Waals surface area (Å²) in [5, 5.41) is 0. The van der Waals surface area contributed by atoms with Gasteiger partial charge in [0, 0.05) is 19.2 Å². The Morgan fingerprint density at radius 2 is 2.09 bits per heavy atom. The molecule has 2 N–H and O–H groups in total. The van der Waals surface area contributed by atoms with Crippen molar-refractivity contribution in [3.05, 3.63) is 18.3 Å². The third kappa shape index (κ3) is 5.20. The maximum atomic E-state index is 12.3. The number of hydrogen-bond acceptors (Lipinski definition) is 5. The highest BCUT2D eigenvalue weighted by Gasteiger charge is 2.32. The fourth-order valence-corrected chi connectivity index (χ4v) is 3.59. The van der Waals surface area contributed by atoms with Crippen LogP contribution in [0.3, 0.4) is 0 Å². The zero-order valence-corrected chi connectivity index (χ0v) is 13.6. The van der Waals surface area contributed by atoms with Crippen LogP contribution in [0.25, 0.3) is 0 Å². The molecular weight excluding hydrogens is 359 g/mol. The van der Waals surface area contributed by atoms with Crippen molar-refractivity contribution >= 4 is 22.4 Å². The molecule has 6 nitrogen and oxygen atoms in total. The Morgan fingerprint density at radius 3 is 2.57 bits per heavy atom. The fraction of sp³-hybridized carbons (Fsp3) is 0.583. The number of sulfonamides is 1. The van der Waals surface area contributed by atoms with Crippen LogP contribution in [0.5, 0.6) is 5.88 Å². The zero-order chi connectivity index (χ0) is 16.4. The van der Waals surface area contributed by atoms with Gasteiger partial charge in [0.1, 0.15) is 4.90 Å². The Balaban J connectivity index is 0.00000264. The molecule has 1 unspecified atom stereocenters. The first kappa shape index (κ1) is 19.9. The number of aromatic nitrogens is 1. The topological polar surface area (TPSA) is 85.5 Å². The molecular formula is C12H17ClF3N3O3S. The molecule has 1 aliphatic heterocycles. The lowest BCUT2D eigenvalue weighted by atomic mass is 10.1. The van der Waals surface area contributed by atoms with E-state index in [1.807, 2.05) is 0 Å². The number of nitrogens with two attached hydrogens (primary N) is 1. The van der Waals surface area contributed by atoms with E-state index in [4.69, 9.17) is 5.73 Å². The monoisotopic (exact) mass is 375 g/mol. The molecule has 23 heavy (non-hydrogen) atoms. The molecule has 132 valence electrons. The van der Waals surface area contributed by atoms with Gasteiger partial charge in [-0.05, 0) is 24.9 Å². The van der Waals surface area contributed by atoms with Gasteiger partial charge in [0.25, 0.3) is 0 Å². The van der Waals surface area contributed by atoms with Crippen LogP contribution in [-0.4, -0.2) is 50.1 Å². The summed E-state index contributed by atoms with van der Waals surface area (Å²) >= 11 is 0. The number of alkyl halides is 3. The molecule has 0 amide bonds. The third-order valence-corrected chi connectivity index (χ3v) is 5.16. The van der Waals surface area contributed by atoms with E-state index in [-0.39, 0.29) is 29.1 Å². The van der Waals surface area contributed by atoms with Crippen molar-refractivity contribution < 1.29 is 26.3 Å². The second kappa shape index (κ2) is 7.65. The van der Waals surface area contributed by atoms with Gasteiger partial charge in [0.05, 0.1) is 6.20 Å². The van der Waals surface area contributed by atoms with Gasteiger partial charge in [-0.1, -0.05) is 0 Å². The Labute approximate surface area is 138 Å². The maximum absolute atomic E-state index is 12.3. The minimum Gasteiger partial charge on any atom is -0.468 e. The van der Waals surface area contributed by atoms with Crippen LogP contribution in [-0.2, 0) is 10.0 Å². The first-order chi connectivity index (χ1) is 10.2. The van der Waals surface area contributed by atoms with Crippen LogP contribution in [0, 0.1) is 5.92 Å². The normalized spacial score (nSPS) is 19.4. The molecule has 11 heteroatoms. The highest BCUT2D eigenvalue weighted by molar-refractivity contribution is 7.89. The number of rotatable bonds is 5. The van der Waals surface area contributed by atoms with Crippen molar-refractivity contribution in [2.45, 2.75) is 17.5 Å². The average molecular weight is 376 g/mol. The van der Waals surface area contributed by atoms with Crippen LogP contribution >= 0.6 is 12.4 Å². The molecule has 0 spiro atoms. The molecule has 2 heterocycles. The minimum absolute atomic E-state index is 0. The summed E-state index contributed by atoms with van der Waals surface area (Å²) in [7, 11) is -3.70. The largest absolute Gasteiger partial charge is 0.468 e. The number of ether oxygens (including phenoxy) is 1. The number of pyridine rings is 1. The molecule has 1 aromatic rings. The summed E-state index contributed by atoms with van der Waals surface area (Å²) in [5.74, 6) is -0.158. The fourth-order valence-electron chi connectivity index (χ4n) is 2.12. The number of hydrogen-bond donors (Lipinski definition) is 1. The summed E-state index contributed by atoms with van der Waals surface area (Å²) in [6, 6.07) is 2.29. The Morgan fingerprint density at radius 1 is 1.39 bits per heavy atom. The predicted octanol–water partition coefficient (Wildman–Crippen LogP) is 1.41. The summed E-state index contributed by atoms with van der Waals surface area (Å²) in [4.78, 5) is 3.53. The minimum atomic E-state index is -4.47. The summed E-state index contributed by atoms with van der Waals surface area (Å²) in [6.07, 6.45) is -2.79. The van der Waals surface area contributed by atoms with Crippen LogP contribution < -0.4 is 10.5 Å². The SMILES string of the molecule is Cl.NCC1CCN(S(=O)(=O)c2ccc(OCC(F)(F)F)nc2)C1. The van der Waals surface area contributed by atoms with Gasteiger partial charge in [-0.3, -0.25) is 0 Å². The lowest BCUT2D eigenvalue weighted by Crippen LogP contribution is -2.30. The lowest BCUT2D eigenvalue weighted by molar-refractivity contribution is -0.154. The van der Waals surface area contributed by atoms with Gasteiger partial charge in [0.2, 0.25) is 15.9 Å². The van der Waals surface area contributed by atoms with Crippen LogP contribution in [0.1, 0.15) is 6.42 Å². The third-order valence-electron chi connectivity index (χ3n) is 3.31. The van der Waals surface area contributed by atoms with Crippen LogP contribution in [0.4, 0.5) is 13.2 Å². The molecule has 1 aliphatic rings. The Bertz CT molecular complexity index is 610. The van der Waals surface area contributed by atoms with Gasteiger partial charge in [-0.25, -0.2) is 13.4 Å². The van der Waals surface area contributed by atoms with Crippen molar-refractivity contribution in [2.75, 3.05) is 26.2 Å². The molecule has 1 fully saturated rings. The van der Waals surface area contributed by atoms with Crippen LogP contribution in [0.2, 0.25) is 0 Å². The van der Waals surface area contributed by atoms with E-state index >= 15 is 0 Å². The quantitative estimate of drug-likeness (QED) is 0.841. The first-order valence-corrected chi connectivity index (χ1v) is 8.02. The van der Waals surface area contributed by atoms with Gasteiger partial charge in [-0.2, -0.15) is 17.5 Å². The molecule has 1 aromatic heterocycles. The van der Waals surface area contributed by atoms with Gasteiger partial charge in [-0.15, -0.1) is 12.4 Å². The smallest absolute Gasteiger partial charge is 0.422 e. The molecule has 2 rings (SSSR count). The van der Waals surface area contributed by atoms with Crippen molar-refractivity contribution in [3.8, 4) is 5.88 Å². The summed E-state index contributed by atoms with van der Waals surface area (Å²) < 4.78 is 66.5. The molecule has 1 saturated heterocycles. The maximum Gasteiger partial charge on any atom is 0.422 e. The molecule has 1 atom stereocenters. The predicted molar refractivity (Wildman–Crippen MR) is 79.0 cm³/mol. The Hall–Kier alpha value is -1.10. The van der Waals surface area contributed by atoms with Gasteiger partial charge < -0.3 is 10.5 Å².